The third kappa shape index (κ3) is 4.42. The lowest BCUT2D eigenvalue weighted by atomic mass is 10.1. The van der Waals surface area contributed by atoms with Crippen LogP contribution in [0.2, 0.25) is 0 Å². The molecule has 0 bridgehead atoms. The first kappa shape index (κ1) is 20.2. The van der Waals surface area contributed by atoms with Crippen molar-refractivity contribution in [2.45, 2.75) is 0 Å². The summed E-state index contributed by atoms with van der Waals surface area (Å²) in [5.74, 6) is -0.145. The standard InChI is InChI=1S/C21H12N4O4S2/c22-11-13(20(26)24-21-23-16(12-31-21)19-6-3-9-30-19)10-14-7-8-18(29-14)15-4-1-2-5-17(15)25(27)28/h1-10,12H,(H,23,24,26)/b13-10+. The quantitative estimate of drug-likeness (QED) is 0.178. The molecule has 0 atom stereocenters. The summed E-state index contributed by atoms with van der Waals surface area (Å²) < 4.78 is 5.62. The molecule has 1 N–H and O–H groups in total. The molecule has 0 unspecified atom stereocenters. The van der Waals surface area contributed by atoms with Gasteiger partial charge in [-0.2, -0.15) is 5.26 Å². The average molecular weight is 448 g/mol. The first-order valence-electron chi connectivity index (χ1n) is 8.81. The number of amides is 1. The maximum atomic E-state index is 12.5. The van der Waals surface area contributed by atoms with Crippen LogP contribution in [0.25, 0.3) is 28.0 Å². The van der Waals surface area contributed by atoms with E-state index in [2.05, 4.69) is 10.3 Å². The van der Waals surface area contributed by atoms with Gasteiger partial charge in [-0.3, -0.25) is 20.2 Å². The third-order valence-electron chi connectivity index (χ3n) is 4.14. The molecule has 1 aromatic carbocycles. The molecule has 0 fully saturated rings. The number of benzene rings is 1. The molecule has 152 valence electrons. The second kappa shape index (κ2) is 8.74. The van der Waals surface area contributed by atoms with Gasteiger partial charge in [0.05, 0.1) is 21.1 Å². The monoisotopic (exact) mass is 448 g/mol. The van der Waals surface area contributed by atoms with Crippen molar-refractivity contribution in [1.29, 1.82) is 5.26 Å². The van der Waals surface area contributed by atoms with Gasteiger partial charge in [0.15, 0.2) is 5.13 Å². The second-order valence-corrected chi connectivity index (χ2v) is 7.92. The topological polar surface area (TPSA) is 122 Å². The van der Waals surface area contributed by atoms with Crippen molar-refractivity contribution in [1.82, 2.24) is 4.98 Å². The molecule has 10 heteroatoms. The van der Waals surface area contributed by atoms with Crippen LogP contribution in [0.5, 0.6) is 0 Å². The number of nitrogens with zero attached hydrogens (tertiary/aromatic N) is 3. The van der Waals surface area contributed by atoms with Crippen LogP contribution in [-0.4, -0.2) is 15.8 Å². The molecule has 4 rings (SSSR count). The van der Waals surface area contributed by atoms with E-state index in [1.54, 1.807) is 24.3 Å². The molecule has 0 radical (unpaired) electrons. The van der Waals surface area contributed by atoms with Gasteiger partial charge in [0.25, 0.3) is 11.6 Å². The number of nitriles is 1. The third-order valence-corrected chi connectivity index (χ3v) is 5.79. The van der Waals surface area contributed by atoms with Gasteiger partial charge in [0.2, 0.25) is 0 Å². The number of anilines is 1. The summed E-state index contributed by atoms with van der Waals surface area (Å²) in [6.07, 6.45) is 1.28. The first-order valence-corrected chi connectivity index (χ1v) is 10.6. The molecule has 0 aliphatic heterocycles. The summed E-state index contributed by atoms with van der Waals surface area (Å²) >= 11 is 2.79. The Balaban J connectivity index is 1.54. The first-order chi connectivity index (χ1) is 15.0. The van der Waals surface area contributed by atoms with Crippen molar-refractivity contribution >= 4 is 45.5 Å². The summed E-state index contributed by atoms with van der Waals surface area (Å²) in [4.78, 5) is 28.6. The summed E-state index contributed by atoms with van der Waals surface area (Å²) in [7, 11) is 0. The highest BCUT2D eigenvalue weighted by Crippen LogP contribution is 2.32. The number of hydrogen-bond donors (Lipinski definition) is 1. The maximum Gasteiger partial charge on any atom is 0.280 e. The van der Waals surface area contributed by atoms with E-state index in [0.717, 1.165) is 10.6 Å². The molecule has 0 saturated heterocycles. The Hall–Kier alpha value is -4.07. The molecule has 1 amide bonds. The molecule has 0 saturated carbocycles. The number of hydrogen-bond acceptors (Lipinski definition) is 8. The Morgan fingerprint density at radius 1 is 1.19 bits per heavy atom. The van der Waals surface area contributed by atoms with E-state index in [1.165, 1.54) is 40.9 Å². The van der Waals surface area contributed by atoms with Gasteiger partial charge in [0, 0.05) is 17.5 Å². The lowest BCUT2D eigenvalue weighted by Gasteiger charge is -2.00. The van der Waals surface area contributed by atoms with Gasteiger partial charge in [-0.15, -0.1) is 22.7 Å². The van der Waals surface area contributed by atoms with Gasteiger partial charge >= 0.3 is 0 Å². The van der Waals surface area contributed by atoms with Crippen LogP contribution in [-0.2, 0) is 4.79 Å². The van der Waals surface area contributed by atoms with Crippen LogP contribution in [0, 0.1) is 21.4 Å². The Morgan fingerprint density at radius 2 is 2.03 bits per heavy atom. The molecule has 3 heterocycles. The molecule has 8 nitrogen and oxygen atoms in total. The van der Waals surface area contributed by atoms with Gasteiger partial charge in [-0.25, -0.2) is 4.98 Å². The van der Waals surface area contributed by atoms with Gasteiger partial charge in [0.1, 0.15) is 23.2 Å². The fourth-order valence-electron chi connectivity index (χ4n) is 2.74. The number of furan rings is 1. The van der Waals surface area contributed by atoms with Crippen LogP contribution in [0.15, 0.2) is 69.3 Å². The number of nitro groups is 1. The molecule has 4 aromatic rings. The number of carbonyl (C=O) groups is 1. The van der Waals surface area contributed by atoms with E-state index >= 15 is 0 Å². The van der Waals surface area contributed by atoms with E-state index in [4.69, 9.17) is 4.42 Å². The zero-order valence-electron chi connectivity index (χ0n) is 15.6. The summed E-state index contributed by atoms with van der Waals surface area (Å²) in [5, 5.41) is 27.4. The summed E-state index contributed by atoms with van der Waals surface area (Å²) in [5.41, 5.74) is 0.768. The van der Waals surface area contributed by atoms with Gasteiger partial charge in [-0.1, -0.05) is 18.2 Å². The van der Waals surface area contributed by atoms with E-state index in [9.17, 15) is 20.2 Å². The fourth-order valence-corrected chi connectivity index (χ4v) is 4.21. The van der Waals surface area contributed by atoms with Crippen LogP contribution in [0.4, 0.5) is 10.8 Å². The fraction of sp³-hybridized carbons (Fsp3) is 0. The van der Waals surface area contributed by atoms with Crippen molar-refractivity contribution in [2.24, 2.45) is 0 Å². The highest BCUT2D eigenvalue weighted by atomic mass is 32.1. The van der Waals surface area contributed by atoms with Crippen LogP contribution < -0.4 is 5.32 Å². The summed E-state index contributed by atoms with van der Waals surface area (Å²) in [6.45, 7) is 0. The number of rotatable bonds is 6. The van der Waals surface area contributed by atoms with Crippen molar-refractivity contribution in [2.75, 3.05) is 5.32 Å². The summed E-state index contributed by atoms with van der Waals surface area (Å²) in [6, 6.07) is 14.9. The number of para-hydroxylation sites is 1. The molecule has 3 aromatic heterocycles. The minimum Gasteiger partial charge on any atom is -0.456 e. The lowest BCUT2D eigenvalue weighted by molar-refractivity contribution is -0.384. The Morgan fingerprint density at radius 3 is 2.77 bits per heavy atom. The van der Waals surface area contributed by atoms with E-state index in [-0.39, 0.29) is 22.8 Å². The molecule has 31 heavy (non-hydrogen) atoms. The van der Waals surface area contributed by atoms with Crippen molar-refractivity contribution < 1.29 is 14.1 Å². The highest BCUT2D eigenvalue weighted by Gasteiger charge is 2.18. The number of nitro benzene ring substituents is 1. The maximum absolute atomic E-state index is 12.5. The molecular weight excluding hydrogens is 436 g/mol. The molecule has 0 spiro atoms. The molecule has 0 aliphatic rings. The zero-order valence-corrected chi connectivity index (χ0v) is 17.3. The van der Waals surface area contributed by atoms with E-state index in [1.807, 2.05) is 29.0 Å². The second-order valence-electron chi connectivity index (χ2n) is 6.12. The minimum absolute atomic E-state index is 0.101. The number of thiazole rings is 1. The average Bonchev–Trinajstić information content (AvgIpc) is 3.53. The number of carbonyl (C=O) groups excluding carboxylic acids is 1. The van der Waals surface area contributed by atoms with Crippen LogP contribution in [0.1, 0.15) is 5.76 Å². The molecular formula is C21H12N4O4S2. The van der Waals surface area contributed by atoms with Crippen molar-refractivity contribution in [3.8, 4) is 28.0 Å². The van der Waals surface area contributed by atoms with Crippen LogP contribution >= 0.6 is 22.7 Å². The van der Waals surface area contributed by atoms with Crippen LogP contribution in [0.3, 0.4) is 0 Å². The van der Waals surface area contributed by atoms with Crippen molar-refractivity contribution in [3.63, 3.8) is 0 Å². The Labute approximate surface area is 183 Å². The SMILES string of the molecule is N#C/C(=C\c1ccc(-c2ccccc2[N+](=O)[O-])o1)C(=O)Nc1nc(-c2cccs2)cs1. The zero-order chi connectivity index (χ0) is 21.8. The van der Waals surface area contributed by atoms with Gasteiger partial charge in [-0.05, 0) is 29.6 Å². The Kier molecular flexibility index (Phi) is 5.70. The highest BCUT2D eigenvalue weighted by molar-refractivity contribution is 7.16. The largest absolute Gasteiger partial charge is 0.456 e. The Bertz CT molecular complexity index is 1330. The van der Waals surface area contributed by atoms with E-state index < -0.39 is 10.8 Å². The minimum atomic E-state index is -0.627. The number of thiophene rings is 1. The van der Waals surface area contributed by atoms with E-state index in [0.29, 0.717) is 10.7 Å². The number of aromatic nitrogens is 1. The van der Waals surface area contributed by atoms with Crippen molar-refractivity contribution in [3.05, 3.63) is 80.7 Å². The molecule has 0 aliphatic carbocycles. The predicted octanol–water partition coefficient (Wildman–Crippen LogP) is 5.59. The van der Waals surface area contributed by atoms with Gasteiger partial charge < -0.3 is 4.42 Å². The smallest absolute Gasteiger partial charge is 0.280 e. The predicted molar refractivity (Wildman–Crippen MR) is 118 cm³/mol. The lowest BCUT2D eigenvalue weighted by Crippen LogP contribution is -2.13. The number of nitrogens with one attached hydrogen (secondary N) is 1. The normalized spacial score (nSPS) is 11.1.